The Bertz CT molecular complexity index is 434. The van der Waals surface area contributed by atoms with Crippen LogP contribution in [0, 0.1) is 6.92 Å². The van der Waals surface area contributed by atoms with E-state index in [-0.39, 0.29) is 5.78 Å². The third-order valence-electron chi connectivity index (χ3n) is 3.75. The van der Waals surface area contributed by atoms with Crippen molar-refractivity contribution in [1.29, 1.82) is 0 Å². The molecule has 3 nitrogen and oxygen atoms in total. The van der Waals surface area contributed by atoms with Crippen LogP contribution in [0.3, 0.4) is 0 Å². The topological polar surface area (TPSA) is 38.3 Å². The van der Waals surface area contributed by atoms with E-state index in [2.05, 4.69) is 5.32 Å². The molecule has 1 aromatic carbocycles. The van der Waals surface area contributed by atoms with Crippen LogP contribution in [0.5, 0.6) is 5.75 Å². The van der Waals surface area contributed by atoms with Crippen molar-refractivity contribution in [2.45, 2.75) is 45.1 Å². The number of hydrogen-bond donors (Lipinski definition) is 1. The van der Waals surface area contributed by atoms with Gasteiger partial charge in [0.2, 0.25) is 0 Å². The molecule has 0 aromatic heterocycles. The minimum absolute atomic E-state index is 0.181. The number of hydrogen-bond acceptors (Lipinski definition) is 3. The summed E-state index contributed by atoms with van der Waals surface area (Å²) in [4.78, 5) is 12.4. The van der Waals surface area contributed by atoms with Crippen LogP contribution in [-0.2, 0) is 0 Å². The van der Waals surface area contributed by atoms with Crippen molar-refractivity contribution in [3.05, 3.63) is 29.3 Å². The van der Waals surface area contributed by atoms with Crippen LogP contribution in [-0.4, -0.2) is 25.5 Å². The lowest BCUT2D eigenvalue weighted by molar-refractivity contribution is 0.0965. The zero-order chi connectivity index (χ0) is 13.7. The SMILES string of the molecule is COc1ccc(C)cc1C(=O)CC1CCCCCN1. The molecule has 0 aliphatic carbocycles. The van der Waals surface area contributed by atoms with Gasteiger partial charge in [0, 0.05) is 12.5 Å². The van der Waals surface area contributed by atoms with Gasteiger partial charge in [-0.15, -0.1) is 0 Å². The number of aryl methyl sites for hydroxylation is 1. The molecule has 0 spiro atoms. The largest absolute Gasteiger partial charge is 0.496 e. The Labute approximate surface area is 115 Å². The van der Waals surface area contributed by atoms with E-state index in [0.29, 0.717) is 23.8 Å². The highest BCUT2D eigenvalue weighted by Crippen LogP contribution is 2.23. The maximum Gasteiger partial charge on any atom is 0.168 e. The fourth-order valence-electron chi connectivity index (χ4n) is 2.65. The zero-order valence-electron chi connectivity index (χ0n) is 11.9. The molecule has 1 aromatic rings. The maximum atomic E-state index is 12.4. The van der Waals surface area contributed by atoms with Gasteiger partial charge in [-0.2, -0.15) is 0 Å². The number of methoxy groups -OCH3 is 1. The molecule has 1 aliphatic heterocycles. The summed E-state index contributed by atoms with van der Waals surface area (Å²) in [5.41, 5.74) is 1.81. The normalized spacial score (nSPS) is 19.8. The van der Waals surface area contributed by atoms with Gasteiger partial charge in [-0.25, -0.2) is 0 Å². The molecule has 1 atom stereocenters. The highest BCUT2D eigenvalue weighted by molar-refractivity contribution is 5.99. The van der Waals surface area contributed by atoms with Gasteiger partial charge in [-0.05, 0) is 38.4 Å². The van der Waals surface area contributed by atoms with Crippen molar-refractivity contribution >= 4 is 5.78 Å². The first-order valence-electron chi connectivity index (χ1n) is 7.12. The summed E-state index contributed by atoms with van der Waals surface area (Å²) in [5, 5.41) is 3.47. The van der Waals surface area contributed by atoms with Gasteiger partial charge < -0.3 is 10.1 Å². The highest BCUT2D eigenvalue weighted by Gasteiger charge is 2.19. The van der Waals surface area contributed by atoms with Crippen LogP contribution >= 0.6 is 0 Å². The van der Waals surface area contributed by atoms with Crippen LogP contribution in [0.15, 0.2) is 18.2 Å². The summed E-state index contributed by atoms with van der Waals surface area (Å²) in [6.45, 7) is 3.03. The number of rotatable bonds is 4. The van der Waals surface area contributed by atoms with Crippen molar-refractivity contribution in [2.24, 2.45) is 0 Å². The summed E-state index contributed by atoms with van der Waals surface area (Å²) in [6.07, 6.45) is 5.37. The molecule has 1 saturated heterocycles. The van der Waals surface area contributed by atoms with E-state index in [9.17, 15) is 4.79 Å². The molecular formula is C16H23NO2. The second kappa shape index (κ2) is 6.71. The van der Waals surface area contributed by atoms with Crippen LogP contribution in [0.25, 0.3) is 0 Å². The molecule has 2 rings (SSSR count). The molecule has 0 bridgehead atoms. The molecule has 1 N–H and O–H groups in total. The predicted molar refractivity (Wildman–Crippen MR) is 76.9 cm³/mol. The first-order valence-corrected chi connectivity index (χ1v) is 7.12. The first-order chi connectivity index (χ1) is 9.20. The summed E-state index contributed by atoms with van der Waals surface area (Å²) >= 11 is 0. The van der Waals surface area contributed by atoms with Crippen molar-refractivity contribution in [3.8, 4) is 5.75 Å². The maximum absolute atomic E-state index is 12.4. The van der Waals surface area contributed by atoms with E-state index in [1.54, 1.807) is 7.11 Å². The predicted octanol–water partition coefficient (Wildman–Crippen LogP) is 3.11. The molecule has 19 heavy (non-hydrogen) atoms. The fraction of sp³-hybridized carbons (Fsp3) is 0.562. The average Bonchev–Trinajstić information content (AvgIpc) is 2.67. The van der Waals surface area contributed by atoms with Gasteiger partial charge in [0.25, 0.3) is 0 Å². The highest BCUT2D eigenvalue weighted by atomic mass is 16.5. The number of carbonyl (C=O) groups is 1. The van der Waals surface area contributed by atoms with Gasteiger partial charge in [-0.3, -0.25) is 4.79 Å². The van der Waals surface area contributed by atoms with Crippen molar-refractivity contribution in [3.63, 3.8) is 0 Å². The molecule has 0 amide bonds. The zero-order valence-corrected chi connectivity index (χ0v) is 11.9. The minimum atomic E-state index is 0.181. The number of nitrogens with one attached hydrogen (secondary N) is 1. The molecule has 1 fully saturated rings. The van der Waals surface area contributed by atoms with Gasteiger partial charge in [-0.1, -0.05) is 24.5 Å². The van der Waals surface area contributed by atoms with Crippen molar-refractivity contribution in [2.75, 3.05) is 13.7 Å². The number of ether oxygens (including phenoxy) is 1. The van der Waals surface area contributed by atoms with Crippen molar-refractivity contribution in [1.82, 2.24) is 5.32 Å². The Balaban J connectivity index is 2.08. The van der Waals surface area contributed by atoms with Gasteiger partial charge in [0.1, 0.15) is 5.75 Å². The van der Waals surface area contributed by atoms with Gasteiger partial charge in [0.15, 0.2) is 5.78 Å². The third kappa shape index (κ3) is 3.80. The molecule has 1 heterocycles. The summed E-state index contributed by atoms with van der Waals surface area (Å²) in [5.74, 6) is 0.865. The summed E-state index contributed by atoms with van der Waals surface area (Å²) < 4.78 is 5.29. The Morgan fingerprint density at radius 2 is 2.21 bits per heavy atom. The van der Waals surface area contributed by atoms with Crippen LogP contribution in [0.4, 0.5) is 0 Å². The lowest BCUT2D eigenvalue weighted by Gasteiger charge is -2.16. The van der Waals surface area contributed by atoms with Crippen LogP contribution < -0.4 is 10.1 Å². The standard InChI is InChI=1S/C16H23NO2/c1-12-7-8-16(19-2)14(10-12)15(18)11-13-6-4-3-5-9-17-13/h7-8,10,13,17H,3-6,9,11H2,1-2H3. The molecular weight excluding hydrogens is 238 g/mol. The Morgan fingerprint density at radius 1 is 1.37 bits per heavy atom. The second-order valence-corrected chi connectivity index (χ2v) is 5.33. The number of ketones is 1. The average molecular weight is 261 g/mol. The molecule has 104 valence electrons. The van der Waals surface area contributed by atoms with E-state index in [1.807, 2.05) is 25.1 Å². The van der Waals surface area contributed by atoms with Gasteiger partial charge >= 0.3 is 0 Å². The number of benzene rings is 1. The first kappa shape index (κ1) is 14.1. The lowest BCUT2D eigenvalue weighted by atomic mass is 9.98. The Morgan fingerprint density at radius 3 is 3.00 bits per heavy atom. The van der Waals surface area contributed by atoms with Gasteiger partial charge in [0.05, 0.1) is 12.7 Å². The molecule has 0 saturated carbocycles. The van der Waals surface area contributed by atoms with E-state index < -0.39 is 0 Å². The molecule has 1 unspecified atom stereocenters. The third-order valence-corrected chi connectivity index (χ3v) is 3.75. The second-order valence-electron chi connectivity index (χ2n) is 5.33. The lowest BCUT2D eigenvalue weighted by Crippen LogP contribution is -2.30. The Kier molecular flexibility index (Phi) is 4.97. The smallest absolute Gasteiger partial charge is 0.168 e. The van der Waals surface area contributed by atoms with Crippen LogP contribution in [0.1, 0.15) is 48.0 Å². The number of carbonyl (C=O) groups excluding carboxylic acids is 1. The monoisotopic (exact) mass is 261 g/mol. The summed E-state index contributed by atoms with van der Waals surface area (Å²) in [6, 6.07) is 6.10. The molecule has 3 heteroatoms. The Hall–Kier alpha value is -1.35. The van der Waals surface area contributed by atoms with E-state index in [4.69, 9.17) is 4.74 Å². The summed E-state index contributed by atoms with van der Waals surface area (Å²) in [7, 11) is 1.62. The molecule has 1 aliphatic rings. The quantitative estimate of drug-likeness (QED) is 0.846. The number of Topliss-reactive ketones (excluding diaryl/α,β-unsaturated/α-hetero) is 1. The van der Waals surface area contributed by atoms with E-state index in [0.717, 1.165) is 18.5 Å². The fourth-order valence-corrected chi connectivity index (χ4v) is 2.65. The molecule has 0 radical (unpaired) electrons. The minimum Gasteiger partial charge on any atom is -0.496 e. The van der Waals surface area contributed by atoms with E-state index >= 15 is 0 Å². The van der Waals surface area contributed by atoms with E-state index in [1.165, 1.54) is 19.3 Å². The van der Waals surface area contributed by atoms with Crippen LogP contribution in [0.2, 0.25) is 0 Å². The van der Waals surface area contributed by atoms with Crippen molar-refractivity contribution < 1.29 is 9.53 Å².